The van der Waals surface area contributed by atoms with Crippen molar-refractivity contribution in [3.05, 3.63) is 51.6 Å². The minimum atomic E-state index is -1.16. The first-order chi connectivity index (χ1) is 15.3. The van der Waals surface area contributed by atoms with Crippen molar-refractivity contribution in [1.82, 2.24) is 0 Å². The molecule has 0 bridgehead atoms. The summed E-state index contributed by atoms with van der Waals surface area (Å²) in [5.74, 6) is -1.49. The van der Waals surface area contributed by atoms with Crippen LogP contribution in [0.1, 0.15) is 11.1 Å². The Labute approximate surface area is 182 Å². The molecule has 2 aliphatic rings. The number of fused-ring (bicyclic) bond motifs is 1. The first-order valence-corrected chi connectivity index (χ1v) is 9.49. The van der Waals surface area contributed by atoms with Crippen molar-refractivity contribution in [2.75, 3.05) is 26.2 Å². The van der Waals surface area contributed by atoms with Gasteiger partial charge in [0.05, 0.1) is 31.9 Å². The Kier molecular flexibility index (Phi) is 5.17. The van der Waals surface area contributed by atoms with Gasteiger partial charge in [0.25, 0.3) is 5.91 Å². The molecule has 0 unspecified atom stereocenters. The maximum atomic E-state index is 13.4. The number of imide groups is 1. The van der Waals surface area contributed by atoms with E-state index in [4.69, 9.17) is 19.0 Å². The zero-order chi connectivity index (χ0) is 23.2. The van der Waals surface area contributed by atoms with Crippen LogP contribution < -0.4 is 19.1 Å². The minimum absolute atomic E-state index is 0.0717. The Morgan fingerprint density at radius 2 is 1.78 bits per heavy atom. The molecule has 0 aliphatic carbocycles. The summed E-state index contributed by atoms with van der Waals surface area (Å²) in [5, 5.41) is 15.3. The second kappa shape index (κ2) is 7.84. The number of aryl methyl sites for hydroxylation is 1. The first kappa shape index (κ1) is 21.1. The van der Waals surface area contributed by atoms with Crippen molar-refractivity contribution in [2.24, 2.45) is 11.1 Å². The zero-order valence-corrected chi connectivity index (χ0v) is 17.6. The lowest BCUT2D eigenvalue weighted by atomic mass is 9.93. The molecule has 2 atom stereocenters. The van der Waals surface area contributed by atoms with E-state index in [1.54, 1.807) is 25.1 Å². The maximum Gasteiger partial charge on any atom is 0.311 e. The summed E-state index contributed by atoms with van der Waals surface area (Å²) >= 11 is 0. The number of oxime groups is 1. The fourth-order valence-corrected chi connectivity index (χ4v) is 3.94. The normalized spacial score (nSPS) is 19.4. The van der Waals surface area contributed by atoms with E-state index in [1.165, 1.54) is 33.5 Å². The van der Waals surface area contributed by atoms with Crippen LogP contribution >= 0.6 is 0 Å². The van der Waals surface area contributed by atoms with Crippen molar-refractivity contribution in [3.8, 4) is 17.2 Å². The number of para-hydroxylation sites is 1. The second-order valence-corrected chi connectivity index (χ2v) is 7.10. The van der Waals surface area contributed by atoms with Crippen LogP contribution in [0.2, 0.25) is 0 Å². The Morgan fingerprint density at radius 1 is 1.06 bits per heavy atom. The molecule has 4 rings (SSSR count). The molecule has 2 amide bonds. The molecule has 0 radical (unpaired) electrons. The average molecular weight is 441 g/mol. The third-order valence-electron chi connectivity index (χ3n) is 5.43. The molecular weight excluding hydrogens is 422 g/mol. The molecule has 11 nitrogen and oxygen atoms in total. The summed E-state index contributed by atoms with van der Waals surface area (Å²) in [6, 6.07) is 7.64. The van der Waals surface area contributed by atoms with Gasteiger partial charge in [0.2, 0.25) is 12.0 Å². The molecule has 2 aromatic rings. The molecule has 166 valence electrons. The van der Waals surface area contributed by atoms with Gasteiger partial charge in [-0.05, 0) is 24.6 Å². The van der Waals surface area contributed by atoms with Gasteiger partial charge >= 0.3 is 5.69 Å². The molecule has 0 spiro atoms. The van der Waals surface area contributed by atoms with Crippen LogP contribution in [0.25, 0.3) is 0 Å². The largest absolute Gasteiger partial charge is 0.493 e. The van der Waals surface area contributed by atoms with Crippen LogP contribution in [0.5, 0.6) is 17.2 Å². The Morgan fingerprint density at radius 3 is 2.41 bits per heavy atom. The monoisotopic (exact) mass is 441 g/mol. The standard InChI is InChI=1S/C21H19N3O8/c1-10-8-13(24(27)28)15(30-3)9-12(10)23-20(25)16-17(22-32-19(16)21(23)26)11-6-5-7-14(29-2)18(11)31-4/h5-9,16,19H,1-4H3/t16-,19-/m1/s1. The Bertz CT molecular complexity index is 1180. The number of hydrogen-bond donors (Lipinski definition) is 0. The lowest BCUT2D eigenvalue weighted by Crippen LogP contribution is -2.33. The van der Waals surface area contributed by atoms with Crippen LogP contribution in [0.4, 0.5) is 11.4 Å². The summed E-state index contributed by atoms with van der Waals surface area (Å²) in [6.07, 6.45) is -1.16. The van der Waals surface area contributed by atoms with E-state index in [0.29, 0.717) is 22.6 Å². The van der Waals surface area contributed by atoms with Gasteiger partial charge < -0.3 is 19.0 Å². The highest BCUT2D eigenvalue weighted by Crippen LogP contribution is 2.42. The fourth-order valence-electron chi connectivity index (χ4n) is 3.94. The highest BCUT2D eigenvalue weighted by atomic mass is 16.7. The molecule has 0 aromatic heterocycles. The number of nitro benzene ring substituents is 1. The molecule has 2 aromatic carbocycles. The molecule has 0 N–H and O–H groups in total. The number of anilines is 1. The van der Waals surface area contributed by atoms with Gasteiger partial charge in [-0.3, -0.25) is 19.7 Å². The maximum absolute atomic E-state index is 13.4. The fraction of sp³-hybridized carbons (Fsp3) is 0.286. The Hall–Kier alpha value is -4.15. The van der Waals surface area contributed by atoms with Gasteiger partial charge in [0.1, 0.15) is 11.6 Å². The molecular formula is C21H19N3O8. The molecule has 11 heteroatoms. The number of nitro groups is 1. The molecule has 1 saturated heterocycles. The first-order valence-electron chi connectivity index (χ1n) is 9.49. The van der Waals surface area contributed by atoms with E-state index in [-0.39, 0.29) is 22.8 Å². The van der Waals surface area contributed by atoms with Gasteiger partial charge in [-0.15, -0.1) is 0 Å². The van der Waals surface area contributed by atoms with Gasteiger partial charge in [-0.1, -0.05) is 11.2 Å². The van der Waals surface area contributed by atoms with Crippen LogP contribution in [0.3, 0.4) is 0 Å². The van der Waals surface area contributed by atoms with Gasteiger partial charge in [-0.25, -0.2) is 4.90 Å². The highest BCUT2D eigenvalue weighted by Gasteiger charge is 2.57. The van der Waals surface area contributed by atoms with E-state index in [0.717, 1.165) is 4.90 Å². The summed E-state index contributed by atoms with van der Waals surface area (Å²) in [7, 11) is 4.20. The molecule has 32 heavy (non-hydrogen) atoms. The van der Waals surface area contributed by atoms with Crippen molar-refractivity contribution >= 4 is 28.9 Å². The molecule has 2 heterocycles. The van der Waals surface area contributed by atoms with Crippen molar-refractivity contribution < 1.29 is 33.6 Å². The summed E-state index contributed by atoms with van der Waals surface area (Å²) < 4.78 is 15.8. The minimum Gasteiger partial charge on any atom is -0.493 e. The summed E-state index contributed by atoms with van der Waals surface area (Å²) in [5.41, 5.74) is 0.958. The number of amides is 2. The number of benzene rings is 2. The van der Waals surface area contributed by atoms with E-state index in [1.807, 2.05) is 0 Å². The SMILES string of the molecule is COc1cc(N2C(=O)[C@@H]3C(c4cccc(OC)c4OC)=NO[C@H]3C2=O)c(C)cc1[N+](=O)[O-]. The van der Waals surface area contributed by atoms with Gasteiger partial charge in [0, 0.05) is 17.7 Å². The van der Waals surface area contributed by atoms with E-state index >= 15 is 0 Å². The highest BCUT2D eigenvalue weighted by molar-refractivity contribution is 6.33. The third-order valence-corrected chi connectivity index (χ3v) is 5.43. The quantitative estimate of drug-likeness (QED) is 0.379. The zero-order valence-electron chi connectivity index (χ0n) is 17.6. The van der Waals surface area contributed by atoms with Crippen LogP contribution in [-0.2, 0) is 14.4 Å². The van der Waals surface area contributed by atoms with Gasteiger partial charge in [-0.2, -0.15) is 0 Å². The lowest BCUT2D eigenvalue weighted by molar-refractivity contribution is -0.385. The lowest BCUT2D eigenvalue weighted by Gasteiger charge is -2.19. The predicted molar refractivity (Wildman–Crippen MR) is 111 cm³/mol. The van der Waals surface area contributed by atoms with Crippen LogP contribution in [-0.4, -0.2) is 49.9 Å². The third kappa shape index (κ3) is 3.01. The van der Waals surface area contributed by atoms with Crippen LogP contribution in [0.15, 0.2) is 35.5 Å². The number of rotatable bonds is 6. The van der Waals surface area contributed by atoms with Gasteiger partial charge in [0.15, 0.2) is 17.2 Å². The number of carbonyl (C=O) groups excluding carboxylic acids is 2. The van der Waals surface area contributed by atoms with Crippen molar-refractivity contribution in [1.29, 1.82) is 0 Å². The average Bonchev–Trinajstić information content (AvgIpc) is 3.33. The summed E-state index contributed by atoms with van der Waals surface area (Å²) in [4.78, 5) is 43.5. The van der Waals surface area contributed by atoms with E-state index in [2.05, 4.69) is 5.16 Å². The number of nitrogens with zero attached hydrogens (tertiary/aromatic N) is 3. The smallest absolute Gasteiger partial charge is 0.311 e. The number of carbonyl (C=O) groups is 2. The Balaban J connectivity index is 1.77. The van der Waals surface area contributed by atoms with E-state index < -0.39 is 28.8 Å². The number of hydrogen-bond acceptors (Lipinski definition) is 9. The number of methoxy groups -OCH3 is 3. The topological polar surface area (TPSA) is 130 Å². The van der Waals surface area contributed by atoms with Crippen molar-refractivity contribution in [3.63, 3.8) is 0 Å². The number of ether oxygens (including phenoxy) is 3. The summed E-state index contributed by atoms with van der Waals surface area (Å²) in [6.45, 7) is 1.57. The molecule has 2 aliphatic heterocycles. The van der Waals surface area contributed by atoms with E-state index in [9.17, 15) is 19.7 Å². The molecule has 1 fully saturated rings. The predicted octanol–water partition coefficient (Wildman–Crippen LogP) is 2.22. The van der Waals surface area contributed by atoms with Crippen molar-refractivity contribution in [2.45, 2.75) is 13.0 Å². The van der Waals surface area contributed by atoms with Crippen LogP contribution in [0, 0.1) is 23.0 Å². The molecule has 0 saturated carbocycles. The second-order valence-electron chi connectivity index (χ2n) is 7.10.